The number of rotatable bonds is 5. The second-order valence-corrected chi connectivity index (χ2v) is 5.70. The minimum atomic E-state index is -0.908. The zero-order chi connectivity index (χ0) is 14.5. The van der Waals surface area contributed by atoms with E-state index in [1.165, 1.54) is 0 Å². The largest absolute Gasteiger partial charge is 0.480 e. The van der Waals surface area contributed by atoms with Gasteiger partial charge in [-0.15, -0.1) is 11.8 Å². The monoisotopic (exact) mass is 294 g/mol. The van der Waals surface area contributed by atoms with E-state index in [0.717, 1.165) is 16.3 Å². The molecule has 0 saturated carbocycles. The van der Waals surface area contributed by atoms with Gasteiger partial charge in [-0.1, -0.05) is 19.1 Å². The lowest BCUT2D eigenvalue weighted by molar-refractivity contribution is -0.138. The first-order chi connectivity index (χ1) is 9.61. The number of benzene rings is 1. The molecule has 0 aromatic heterocycles. The average molecular weight is 294 g/mol. The molecule has 0 aliphatic carbocycles. The molecule has 1 aliphatic rings. The zero-order valence-electron chi connectivity index (χ0n) is 11.4. The van der Waals surface area contributed by atoms with Gasteiger partial charge in [-0.25, -0.2) is 0 Å². The summed E-state index contributed by atoms with van der Waals surface area (Å²) in [5.74, 6) is -0.0801. The maximum atomic E-state index is 12.4. The summed E-state index contributed by atoms with van der Waals surface area (Å²) >= 11 is 1.74. The fourth-order valence-electron chi connectivity index (χ4n) is 2.18. The molecule has 0 spiro atoms. The van der Waals surface area contributed by atoms with E-state index in [1.54, 1.807) is 21.6 Å². The second kappa shape index (κ2) is 6.76. The molecule has 1 N–H and O–H groups in total. The van der Waals surface area contributed by atoms with Crippen molar-refractivity contribution in [3.8, 4) is 0 Å². The number of amides is 1. The number of nitrogens with zero attached hydrogens (tertiary/aromatic N) is 2. The van der Waals surface area contributed by atoms with E-state index in [9.17, 15) is 9.59 Å². The Morgan fingerprint density at radius 1 is 1.35 bits per heavy atom. The van der Waals surface area contributed by atoms with Crippen molar-refractivity contribution in [3.05, 3.63) is 24.3 Å². The van der Waals surface area contributed by atoms with Gasteiger partial charge in [0, 0.05) is 17.2 Å². The van der Waals surface area contributed by atoms with Gasteiger partial charge in [0.05, 0.1) is 18.8 Å². The van der Waals surface area contributed by atoms with E-state index >= 15 is 0 Å². The summed E-state index contributed by atoms with van der Waals surface area (Å²) in [4.78, 5) is 27.6. The van der Waals surface area contributed by atoms with Crippen LogP contribution < -0.4 is 4.90 Å². The standard InChI is InChI=1S/C14H18N2O3S/c1-2-15(10-14(18)19)9-13(17)16-7-8-20-12-6-4-3-5-11(12)16/h3-6H,2,7-10H2,1H3,(H,18,19). The number of hydrogen-bond acceptors (Lipinski definition) is 4. The van der Waals surface area contributed by atoms with Crippen molar-refractivity contribution in [3.63, 3.8) is 0 Å². The zero-order valence-corrected chi connectivity index (χ0v) is 12.2. The number of hydrogen-bond donors (Lipinski definition) is 1. The van der Waals surface area contributed by atoms with Gasteiger partial charge in [-0.05, 0) is 18.7 Å². The van der Waals surface area contributed by atoms with E-state index in [0.29, 0.717) is 13.1 Å². The van der Waals surface area contributed by atoms with Crippen LogP contribution in [0.15, 0.2) is 29.2 Å². The Balaban J connectivity index is 2.08. The molecule has 1 aromatic carbocycles. The molecule has 1 amide bonds. The highest BCUT2D eigenvalue weighted by atomic mass is 32.2. The third kappa shape index (κ3) is 3.52. The maximum Gasteiger partial charge on any atom is 0.317 e. The van der Waals surface area contributed by atoms with Crippen LogP contribution in [0, 0.1) is 0 Å². The molecule has 0 unspecified atom stereocenters. The van der Waals surface area contributed by atoms with Crippen molar-refractivity contribution >= 4 is 29.3 Å². The fourth-order valence-corrected chi connectivity index (χ4v) is 3.17. The number of thioether (sulfide) groups is 1. The van der Waals surface area contributed by atoms with E-state index in [1.807, 2.05) is 31.2 Å². The molecule has 20 heavy (non-hydrogen) atoms. The number of aliphatic carboxylic acids is 1. The Morgan fingerprint density at radius 3 is 2.80 bits per heavy atom. The molecule has 2 rings (SSSR count). The van der Waals surface area contributed by atoms with E-state index in [-0.39, 0.29) is 19.0 Å². The first-order valence-electron chi connectivity index (χ1n) is 6.58. The van der Waals surface area contributed by atoms with Crippen LogP contribution in [-0.2, 0) is 9.59 Å². The quantitative estimate of drug-likeness (QED) is 0.892. The lowest BCUT2D eigenvalue weighted by atomic mass is 10.2. The van der Waals surface area contributed by atoms with E-state index < -0.39 is 5.97 Å². The summed E-state index contributed by atoms with van der Waals surface area (Å²) in [7, 11) is 0. The molecule has 5 nitrogen and oxygen atoms in total. The summed E-state index contributed by atoms with van der Waals surface area (Å²) < 4.78 is 0. The first kappa shape index (κ1) is 14.9. The van der Waals surface area contributed by atoms with Crippen LogP contribution in [0.4, 0.5) is 5.69 Å². The van der Waals surface area contributed by atoms with Gasteiger partial charge in [0.2, 0.25) is 5.91 Å². The summed E-state index contributed by atoms with van der Waals surface area (Å²) in [6, 6.07) is 7.82. The van der Waals surface area contributed by atoms with Gasteiger partial charge in [0.25, 0.3) is 0 Å². The highest BCUT2D eigenvalue weighted by Gasteiger charge is 2.24. The van der Waals surface area contributed by atoms with Crippen LogP contribution in [0.1, 0.15) is 6.92 Å². The molecular formula is C14H18N2O3S. The smallest absolute Gasteiger partial charge is 0.317 e. The maximum absolute atomic E-state index is 12.4. The number of carboxylic acids is 1. The molecule has 0 fully saturated rings. The molecule has 1 aliphatic heterocycles. The molecular weight excluding hydrogens is 276 g/mol. The highest BCUT2D eigenvalue weighted by molar-refractivity contribution is 7.99. The van der Waals surface area contributed by atoms with Crippen LogP contribution in [0.25, 0.3) is 0 Å². The van der Waals surface area contributed by atoms with Crippen molar-refractivity contribution in [2.24, 2.45) is 0 Å². The molecule has 6 heteroatoms. The average Bonchev–Trinajstić information content (AvgIpc) is 2.45. The lowest BCUT2D eigenvalue weighted by Crippen LogP contribution is -2.44. The topological polar surface area (TPSA) is 60.9 Å². The summed E-state index contributed by atoms with van der Waals surface area (Å²) in [5, 5.41) is 8.83. The second-order valence-electron chi connectivity index (χ2n) is 4.56. The van der Waals surface area contributed by atoms with Crippen molar-refractivity contribution < 1.29 is 14.7 Å². The van der Waals surface area contributed by atoms with Gasteiger partial charge in [-0.3, -0.25) is 14.5 Å². The Labute approximate surface area is 122 Å². The summed E-state index contributed by atoms with van der Waals surface area (Å²) in [6.07, 6.45) is 0. The Morgan fingerprint density at radius 2 is 2.10 bits per heavy atom. The van der Waals surface area contributed by atoms with Crippen LogP contribution in [-0.4, -0.2) is 53.8 Å². The third-order valence-corrected chi connectivity index (χ3v) is 4.24. The first-order valence-corrected chi connectivity index (χ1v) is 7.56. The third-order valence-electron chi connectivity index (χ3n) is 3.19. The van der Waals surface area contributed by atoms with Gasteiger partial charge >= 0.3 is 5.97 Å². The number of para-hydroxylation sites is 1. The SMILES string of the molecule is CCN(CC(=O)O)CC(=O)N1CCSc2ccccc21. The Bertz CT molecular complexity index is 507. The Kier molecular flexibility index (Phi) is 5.03. The fraction of sp³-hybridized carbons (Fsp3) is 0.429. The van der Waals surface area contributed by atoms with Crippen molar-refractivity contribution in [1.82, 2.24) is 4.90 Å². The number of anilines is 1. The molecule has 0 saturated heterocycles. The number of fused-ring (bicyclic) bond motifs is 1. The van der Waals surface area contributed by atoms with Crippen molar-refractivity contribution in [1.29, 1.82) is 0 Å². The highest BCUT2D eigenvalue weighted by Crippen LogP contribution is 2.34. The van der Waals surface area contributed by atoms with Gasteiger partial charge in [0.15, 0.2) is 0 Å². The van der Waals surface area contributed by atoms with Gasteiger partial charge in [-0.2, -0.15) is 0 Å². The molecule has 1 aromatic rings. The van der Waals surface area contributed by atoms with Crippen LogP contribution >= 0.6 is 11.8 Å². The van der Waals surface area contributed by atoms with Crippen molar-refractivity contribution in [2.75, 3.05) is 36.8 Å². The van der Waals surface area contributed by atoms with Gasteiger partial charge < -0.3 is 10.0 Å². The normalized spacial score (nSPS) is 14.2. The predicted octanol–water partition coefficient (Wildman–Crippen LogP) is 1.53. The number of likely N-dealkylation sites (N-methyl/N-ethyl adjacent to an activating group) is 1. The van der Waals surface area contributed by atoms with Crippen LogP contribution in [0.3, 0.4) is 0 Å². The summed E-state index contributed by atoms with van der Waals surface area (Å²) in [5.41, 5.74) is 0.931. The van der Waals surface area contributed by atoms with E-state index in [2.05, 4.69) is 0 Å². The van der Waals surface area contributed by atoms with Gasteiger partial charge in [0.1, 0.15) is 0 Å². The Hall–Kier alpha value is -1.53. The molecule has 0 atom stereocenters. The molecule has 1 heterocycles. The minimum absolute atomic E-state index is 0.0409. The van der Waals surface area contributed by atoms with Crippen LogP contribution in [0.2, 0.25) is 0 Å². The molecule has 0 bridgehead atoms. The predicted molar refractivity (Wildman–Crippen MR) is 79.3 cm³/mol. The molecule has 0 radical (unpaired) electrons. The number of carbonyl (C=O) groups excluding carboxylic acids is 1. The number of carbonyl (C=O) groups is 2. The number of carboxylic acid groups (broad SMARTS) is 1. The van der Waals surface area contributed by atoms with Crippen molar-refractivity contribution in [2.45, 2.75) is 11.8 Å². The summed E-state index contributed by atoms with van der Waals surface area (Å²) in [6.45, 7) is 3.11. The molecule has 108 valence electrons. The van der Waals surface area contributed by atoms with E-state index in [4.69, 9.17) is 5.11 Å². The van der Waals surface area contributed by atoms with Crippen LogP contribution in [0.5, 0.6) is 0 Å². The minimum Gasteiger partial charge on any atom is -0.480 e. The lowest BCUT2D eigenvalue weighted by Gasteiger charge is -2.30.